The number of nitro groups is 1. The second-order valence-corrected chi connectivity index (χ2v) is 5.88. The maximum absolute atomic E-state index is 12.5. The highest BCUT2D eigenvalue weighted by molar-refractivity contribution is 5.97. The molecule has 2 aromatic rings. The van der Waals surface area contributed by atoms with E-state index in [0.29, 0.717) is 12.2 Å². The van der Waals surface area contributed by atoms with Crippen molar-refractivity contribution in [3.63, 3.8) is 0 Å². The average molecular weight is 396 g/mol. The second kappa shape index (κ2) is 10.4. The summed E-state index contributed by atoms with van der Waals surface area (Å²) < 4.78 is 5.05. The van der Waals surface area contributed by atoms with E-state index in [2.05, 4.69) is 5.32 Å². The minimum Gasteiger partial charge on any atom is -0.452 e. The number of carbonyl (C=O) groups excluding carboxylic acids is 2. The minimum atomic E-state index is -0.849. The summed E-state index contributed by atoms with van der Waals surface area (Å²) >= 11 is 0. The van der Waals surface area contributed by atoms with Gasteiger partial charge in [-0.05, 0) is 31.2 Å². The molecule has 0 heterocycles. The number of esters is 1. The zero-order valence-corrected chi connectivity index (χ0v) is 15.8. The number of nitrogens with one attached hydrogen (secondary N) is 1. The Kier molecular flexibility index (Phi) is 7.68. The van der Waals surface area contributed by atoms with E-state index in [1.165, 1.54) is 17.0 Å². The second-order valence-electron chi connectivity index (χ2n) is 5.88. The van der Waals surface area contributed by atoms with Crippen molar-refractivity contribution in [3.05, 3.63) is 64.2 Å². The van der Waals surface area contributed by atoms with Gasteiger partial charge in [-0.1, -0.05) is 18.2 Å². The number of hydrogen-bond donors (Lipinski definition) is 1. The summed E-state index contributed by atoms with van der Waals surface area (Å²) in [5, 5.41) is 22.9. The standard InChI is InChI=1S/C20H20N4O5/c1-2-22-17-10-9-15(13-18(17)24(27)28)20(26)29-14-19(25)23(12-6-11-21)16-7-4-3-5-8-16/h3-5,7-10,13,22H,2,6,12,14H2,1H3. The summed E-state index contributed by atoms with van der Waals surface area (Å²) in [6.07, 6.45) is 0.118. The van der Waals surface area contributed by atoms with Crippen LogP contribution in [0.5, 0.6) is 0 Å². The Morgan fingerprint density at radius 1 is 1.24 bits per heavy atom. The van der Waals surface area contributed by atoms with E-state index < -0.39 is 23.4 Å². The van der Waals surface area contributed by atoms with Gasteiger partial charge in [-0.3, -0.25) is 14.9 Å². The van der Waals surface area contributed by atoms with Crippen LogP contribution in [0.4, 0.5) is 17.1 Å². The molecule has 0 bridgehead atoms. The number of carbonyl (C=O) groups is 2. The van der Waals surface area contributed by atoms with Crippen LogP contribution in [-0.2, 0) is 9.53 Å². The van der Waals surface area contributed by atoms with Crippen LogP contribution in [0.15, 0.2) is 48.5 Å². The number of nitriles is 1. The first kappa shape index (κ1) is 21.4. The summed E-state index contributed by atoms with van der Waals surface area (Å²) in [5.41, 5.74) is 0.577. The molecule has 1 amide bonds. The molecule has 1 N–H and O–H groups in total. The van der Waals surface area contributed by atoms with Crippen molar-refractivity contribution in [2.24, 2.45) is 0 Å². The van der Waals surface area contributed by atoms with Crippen molar-refractivity contribution >= 4 is 28.9 Å². The molecule has 0 aliphatic heterocycles. The molecule has 0 aromatic heterocycles. The van der Waals surface area contributed by atoms with Crippen molar-refractivity contribution in [3.8, 4) is 6.07 Å². The molecule has 0 aliphatic rings. The summed E-state index contributed by atoms with van der Waals surface area (Å²) in [5.74, 6) is -1.35. The Balaban J connectivity index is 2.10. The molecule has 9 nitrogen and oxygen atoms in total. The molecule has 0 aliphatic carbocycles. The van der Waals surface area contributed by atoms with Gasteiger partial charge in [-0.25, -0.2) is 4.79 Å². The normalized spacial score (nSPS) is 9.93. The predicted molar refractivity (Wildman–Crippen MR) is 107 cm³/mol. The molecule has 0 saturated heterocycles. The summed E-state index contributed by atoms with van der Waals surface area (Å²) in [7, 11) is 0. The van der Waals surface area contributed by atoms with Crippen LogP contribution in [0.2, 0.25) is 0 Å². The molecule has 0 saturated carbocycles. The predicted octanol–water partition coefficient (Wildman–Crippen LogP) is 3.13. The molecule has 2 aromatic carbocycles. The van der Waals surface area contributed by atoms with Crippen molar-refractivity contribution in [1.82, 2.24) is 0 Å². The molecular weight excluding hydrogens is 376 g/mol. The lowest BCUT2D eigenvalue weighted by Gasteiger charge is -2.21. The zero-order chi connectivity index (χ0) is 21.2. The van der Waals surface area contributed by atoms with Crippen molar-refractivity contribution < 1.29 is 19.2 Å². The Bertz CT molecular complexity index is 924. The van der Waals surface area contributed by atoms with Gasteiger partial charge in [0.15, 0.2) is 6.61 Å². The van der Waals surface area contributed by atoms with Gasteiger partial charge < -0.3 is 15.0 Å². The fraction of sp³-hybridized carbons (Fsp3) is 0.250. The van der Waals surface area contributed by atoms with Crippen LogP contribution >= 0.6 is 0 Å². The van der Waals surface area contributed by atoms with Crippen molar-refractivity contribution in [1.29, 1.82) is 5.26 Å². The van der Waals surface area contributed by atoms with Gasteiger partial charge in [0.1, 0.15) is 5.69 Å². The highest BCUT2D eigenvalue weighted by atomic mass is 16.6. The molecule has 2 rings (SSSR count). The molecule has 0 radical (unpaired) electrons. The first-order valence-electron chi connectivity index (χ1n) is 8.89. The number of anilines is 2. The van der Waals surface area contributed by atoms with Crippen LogP contribution in [-0.4, -0.2) is 36.5 Å². The van der Waals surface area contributed by atoms with Crippen LogP contribution in [0.3, 0.4) is 0 Å². The third-order valence-electron chi connectivity index (χ3n) is 3.94. The quantitative estimate of drug-likeness (QED) is 0.392. The summed E-state index contributed by atoms with van der Waals surface area (Å²) in [6.45, 7) is 1.88. The van der Waals surface area contributed by atoms with E-state index in [0.717, 1.165) is 6.07 Å². The van der Waals surface area contributed by atoms with E-state index in [9.17, 15) is 19.7 Å². The highest BCUT2D eigenvalue weighted by Gasteiger charge is 2.21. The first-order valence-corrected chi connectivity index (χ1v) is 8.89. The highest BCUT2D eigenvalue weighted by Crippen LogP contribution is 2.25. The van der Waals surface area contributed by atoms with Crippen molar-refractivity contribution in [2.75, 3.05) is 29.9 Å². The monoisotopic (exact) mass is 396 g/mol. The Morgan fingerprint density at radius 3 is 2.59 bits per heavy atom. The van der Waals surface area contributed by atoms with E-state index >= 15 is 0 Å². The van der Waals surface area contributed by atoms with Crippen LogP contribution < -0.4 is 10.2 Å². The largest absolute Gasteiger partial charge is 0.452 e. The molecule has 0 spiro atoms. The SMILES string of the molecule is CCNc1ccc(C(=O)OCC(=O)N(CCC#N)c2ccccc2)cc1[N+](=O)[O-]. The average Bonchev–Trinajstić information content (AvgIpc) is 2.73. The van der Waals surface area contributed by atoms with Gasteiger partial charge in [0.25, 0.3) is 11.6 Å². The van der Waals surface area contributed by atoms with Gasteiger partial charge in [-0.2, -0.15) is 5.26 Å². The molecule has 0 atom stereocenters. The number of nitro benzene ring substituents is 1. The maximum atomic E-state index is 12.5. The van der Waals surface area contributed by atoms with Crippen LogP contribution in [0, 0.1) is 21.4 Å². The number of amides is 1. The van der Waals surface area contributed by atoms with Crippen molar-refractivity contribution in [2.45, 2.75) is 13.3 Å². The number of rotatable bonds is 9. The Labute approximate surface area is 167 Å². The smallest absolute Gasteiger partial charge is 0.338 e. The van der Waals surface area contributed by atoms with Crippen LogP contribution in [0.25, 0.3) is 0 Å². The van der Waals surface area contributed by atoms with Crippen LogP contribution in [0.1, 0.15) is 23.7 Å². The van der Waals surface area contributed by atoms with E-state index in [-0.39, 0.29) is 29.9 Å². The van der Waals surface area contributed by atoms with Gasteiger partial charge in [0, 0.05) is 24.8 Å². The lowest BCUT2D eigenvalue weighted by atomic mass is 10.1. The topological polar surface area (TPSA) is 126 Å². The Morgan fingerprint density at radius 2 is 1.97 bits per heavy atom. The van der Waals surface area contributed by atoms with Gasteiger partial charge in [0.05, 0.1) is 23.0 Å². The molecule has 0 fully saturated rings. The Hall–Kier alpha value is -3.93. The fourth-order valence-electron chi connectivity index (χ4n) is 2.61. The molecular formula is C20H20N4O5. The zero-order valence-electron chi connectivity index (χ0n) is 15.8. The molecule has 0 unspecified atom stereocenters. The number of hydrogen-bond acceptors (Lipinski definition) is 7. The lowest BCUT2D eigenvalue weighted by Crippen LogP contribution is -2.35. The van der Waals surface area contributed by atoms with E-state index in [4.69, 9.17) is 10.00 Å². The van der Waals surface area contributed by atoms with Gasteiger partial charge >= 0.3 is 5.97 Å². The van der Waals surface area contributed by atoms with Gasteiger partial charge in [0.2, 0.25) is 0 Å². The molecule has 9 heteroatoms. The first-order chi connectivity index (χ1) is 14.0. The summed E-state index contributed by atoms with van der Waals surface area (Å²) in [6, 6.07) is 14.6. The minimum absolute atomic E-state index is 0.0329. The molecule has 150 valence electrons. The summed E-state index contributed by atoms with van der Waals surface area (Å²) in [4.78, 5) is 36.8. The number of benzene rings is 2. The number of ether oxygens (including phenoxy) is 1. The van der Waals surface area contributed by atoms with Gasteiger partial charge in [-0.15, -0.1) is 0 Å². The third kappa shape index (κ3) is 5.77. The number of nitrogens with zero attached hydrogens (tertiary/aromatic N) is 3. The maximum Gasteiger partial charge on any atom is 0.338 e. The third-order valence-corrected chi connectivity index (χ3v) is 3.94. The van der Waals surface area contributed by atoms with E-state index in [1.807, 2.05) is 6.07 Å². The lowest BCUT2D eigenvalue weighted by molar-refractivity contribution is -0.384. The molecule has 29 heavy (non-hydrogen) atoms. The fourth-order valence-corrected chi connectivity index (χ4v) is 2.61. The van der Waals surface area contributed by atoms with E-state index in [1.54, 1.807) is 37.3 Å². The number of para-hydroxylation sites is 1.